The van der Waals surface area contributed by atoms with E-state index in [-0.39, 0.29) is 60.1 Å². The lowest BCUT2D eigenvalue weighted by Gasteiger charge is -2.28. The Balaban J connectivity index is 3.32. The van der Waals surface area contributed by atoms with Gasteiger partial charge in [-0.05, 0) is 54.7 Å². The number of hydrogen-bond acceptors (Lipinski definition) is 10. The summed E-state index contributed by atoms with van der Waals surface area (Å²) in [7, 11) is 0. The normalized spacial score (nSPS) is 15.2. The molecule has 0 aliphatic carbocycles. The third-order valence-electron chi connectivity index (χ3n) is 9.56. The van der Waals surface area contributed by atoms with Crippen molar-refractivity contribution in [3.8, 4) is 0 Å². The molecule has 0 fully saturated rings. The Morgan fingerprint density at radius 1 is 0.729 bits per heavy atom. The Morgan fingerprint density at radius 3 is 1.83 bits per heavy atom. The monoisotopic (exact) mass is 871 g/mol. The van der Waals surface area contributed by atoms with Crippen LogP contribution in [0.2, 0.25) is 10.0 Å². The van der Waals surface area contributed by atoms with Gasteiger partial charge in [0.15, 0.2) is 5.96 Å². The summed E-state index contributed by atoms with van der Waals surface area (Å²) in [5, 5.41) is 25.3. The zero-order valence-corrected chi connectivity index (χ0v) is 36.1. The summed E-state index contributed by atoms with van der Waals surface area (Å²) in [5.41, 5.74) is 22.6. The molecule has 0 radical (unpaired) electrons. The highest BCUT2D eigenvalue weighted by Crippen LogP contribution is 2.23. The summed E-state index contributed by atoms with van der Waals surface area (Å²) in [5.74, 6) is -6.14. The number of carbonyl (C=O) groups is 7. The molecule has 7 amide bonds. The first kappa shape index (κ1) is 52.3. The lowest BCUT2D eigenvalue weighted by atomic mass is 9.96. The quantitative estimate of drug-likeness (QED) is 0.0307. The summed E-state index contributed by atoms with van der Waals surface area (Å²) >= 11 is 12.3. The van der Waals surface area contributed by atoms with Crippen molar-refractivity contribution >= 4 is 70.5 Å². The summed E-state index contributed by atoms with van der Waals surface area (Å²) in [6.45, 7) is 9.61. The van der Waals surface area contributed by atoms with Gasteiger partial charge in [0, 0.05) is 13.0 Å². The first-order valence-electron chi connectivity index (χ1n) is 19.6. The average Bonchev–Trinajstić information content (AvgIpc) is 3.18. The molecule has 0 bridgehead atoms. The first-order chi connectivity index (χ1) is 27.6. The van der Waals surface area contributed by atoms with Crippen LogP contribution in [0.1, 0.15) is 79.2 Å². The van der Waals surface area contributed by atoms with Crippen molar-refractivity contribution < 1.29 is 38.7 Å². The molecule has 0 saturated heterocycles. The third kappa shape index (κ3) is 18.8. The maximum atomic E-state index is 13.9. The van der Waals surface area contributed by atoms with Crippen LogP contribution < -0.4 is 54.8 Å². The lowest BCUT2D eigenvalue weighted by molar-refractivity contribution is -0.135. The van der Waals surface area contributed by atoms with Gasteiger partial charge >= 0.3 is 0 Å². The maximum Gasteiger partial charge on any atom is 0.243 e. The number of aliphatic hydroxyl groups excluding tert-OH is 1. The molecule has 15 N–H and O–H groups in total. The Bertz CT molecular complexity index is 1630. The minimum atomic E-state index is -1.29. The number of benzene rings is 1. The minimum Gasteiger partial charge on any atom is -0.394 e. The zero-order chi connectivity index (χ0) is 45.0. The second-order valence-electron chi connectivity index (χ2n) is 14.9. The number of primary amides is 1. The van der Waals surface area contributed by atoms with Gasteiger partial charge in [-0.25, -0.2) is 0 Å². The standard InChI is InChI=1S/C38H63Cl2N11O8/c1-7-20(5)30(32(42)54)50-36(58)28(16-22-11-12-23(39)24(40)15-22)49-34(56)26(10-9-13-45-38(43)44)47-29(53)17-46-37(59)31(21(6)8-2)51-35(57)27(14-19(3)4)48-33(55)25(41)18-52/h11-12,15,19-21,25-28,30-31,52H,7-10,13-14,16-18,41H2,1-6H3,(H2,42,54)(H,46,59)(H,47,53)(H,48,55)(H,49,56)(H,50,58)(H,51,57)(H4,43,44,45)/t20-,21-,25-,26-,27-,28-,30-,31-/m0/s1. The molecule has 0 aromatic heterocycles. The number of aliphatic imine (C=N–C) groups is 1. The number of carbonyl (C=O) groups excluding carboxylic acids is 7. The van der Waals surface area contributed by atoms with Crippen LogP contribution in [0.5, 0.6) is 0 Å². The van der Waals surface area contributed by atoms with E-state index in [9.17, 15) is 38.7 Å². The van der Waals surface area contributed by atoms with Crippen LogP contribution in [0.4, 0.5) is 0 Å². The molecule has 332 valence electrons. The van der Waals surface area contributed by atoms with Crippen LogP contribution in [0, 0.1) is 17.8 Å². The second-order valence-corrected chi connectivity index (χ2v) is 15.7. The van der Waals surface area contributed by atoms with Crippen LogP contribution in [0.25, 0.3) is 0 Å². The van der Waals surface area contributed by atoms with Gasteiger partial charge in [-0.3, -0.25) is 38.6 Å². The molecule has 1 aromatic carbocycles. The van der Waals surface area contributed by atoms with E-state index in [1.54, 1.807) is 26.8 Å². The van der Waals surface area contributed by atoms with Gasteiger partial charge < -0.3 is 59.9 Å². The van der Waals surface area contributed by atoms with Gasteiger partial charge in [0.25, 0.3) is 0 Å². The number of aliphatic hydroxyl groups is 1. The smallest absolute Gasteiger partial charge is 0.243 e. The Labute approximate surface area is 355 Å². The lowest BCUT2D eigenvalue weighted by Crippen LogP contribution is -2.59. The van der Waals surface area contributed by atoms with Crippen molar-refractivity contribution in [1.82, 2.24) is 31.9 Å². The highest BCUT2D eigenvalue weighted by Gasteiger charge is 2.33. The predicted octanol–water partition coefficient (Wildman–Crippen LogP) is -0.927. The second kappa shape index (κ2) is 26.4. The molecule has 0 heterocycles. The minimum absolute atomic E-state index is 0.00532. The van der Waals surface area contributed by atoms with Crippen molar-refractivity contribution in [3.05, 3.63) is 33.8 Å². The first-order valence-corrected chi connectivity index (χ1v) is 20.3. The fourth-order valence-corrected chi connectivity index (χ4v) is 6.00. The van der Waals surface area contributed by atoms with E-state index < -0.39 is 96.7 Å². The van der Waals surface area contributed by atoms with Gasteiger partial charge in [-0.15, -0.1) is 0 Å². The fraction of sp³-hybridized carbons (Fsp3) is 0.632. The molecule has 8 atom stereocenters. The van der Waals surface area contributed by atoms with Crippen molar-refractivity contribution in [1.29, 1.82) is 0 Å². The van der Waals surface area contributed by atoms with E-state index in [4.69, 9.17) is 46.1 Å². The van der Waals surface area contributed by atoms with Crippen LogP contribution in [0.15, 0.2) is 23.2 Å². The van der Waals surface area contributed by atoms with E-state index in [0.29, 0.717) is 18.4 Å². The fourth-order valence-electron chi connectivity index (χ4n) is 5.68. The van der Waals surface area contributed by atoms with E-state index in [2.05, 4.69) is 36.9 Å². The molecule has 0 saturated carbocycles. The molecular weight excluding hydrogens is 809 g/mol. The van der Waals surface area contributed by atoms with Crippen LogP contribution in [-0.4, -0.2) is 108 Å². The van der Waals surface area contributed by atoms with Gasteiger partial charge in [0.1, 0.15) is 36.3 Å². The van der Waals surface area contributed by atoms with E-state index in [1.807, 2.05) is 20.8 Å². The Hall–Kier alpha value is -4.72. The Morgan fingerprint density at radius 2 is 1.29 bits per heavy atom. The number of hydrogen-bond donors (Lipinski definition) is 11. The summed E-state index contributed by atoms with van der Waals surface area (Å²) in [6.07, 6.45) is 1.29. The van der Waals surface area contributed by atoms with Crippen LogP contribution in [-0.2, 0) is 40.0 Å². The number of nitrogens with two attached hydrogens (primary N) is 4. The summed E-state index contributed by atoms with van der Waals surface area (Å²) in [4.78, 5) is 96.4. The highest BCUT2D eigenvalue weighted by molar-refractivity contribution is 6.42. The van der Waals surface area contributed by atoms with Gasteiger partial charge in [-0.2, -0.15) is 0 Å². The van der Waals surface area contributed by atoms with Gasteiger partial charge in [0.2, 0.25) is 41.4 Å². The number of guanidine groups is 1. The van der Waals surface area contributed by atoms with Crippen molar-refractivity contribution in [2.24, 2.45) is 45.7 Å². The molecule has 21 heteroatoms. The summed E-state index contributed by atoms with van der Waals surface area (Å²) < 4.78 is 0. The molecule has 1 aromatic rings. The molecule has 0 aliphatic heterocycles. The van der Waals surface area contributed by atoms with Gasteiger partial charge in [0.05, 0.1) is 23.2 Å². The molecular formula is C38H63Cl2N11O8. The van der Waals surface area contributed by atoms with Crippen molar-refractivity contribution in [2.45, 2.75) is 116 Å². The topological polar surface area (TPSA) is 328 Å². The predicted molar refractivity (Wildman–Crippen MR) is 225 cm³/mol. The molecule has 0 unspecified atom stereocenters. The molecule has 59 heavy (non-hydrogen) atoms. The molecule has 0 spiro atoms. The van der Waals surface area contributed by atoms with E-state index in [1.165, 1.54) is 12.1 Å². The molecule has 19 nitrogen and oxygen atoms in total. The average molecular weight is 873 g/mol. The third-order valence-corrected chi connectivity index (χ3v) is 10.3. The number of nitrogens with one attached hydrogen (secondary N) is 6. The van der Waals surface area contributed by atoms with E-state index in [0.717, 1.165) is 0 Å². The van der Waals surface area contributed by atoms with Crippen LogP contribution in [0.3, 0.4) is 0 Å². The largest absolute Gasteiger partial charge is 0.394 e. The van der Waals surface area contributed by atoms with Crippen molar-refractivity contribution in [3.63, 3.8) is 0 Å². The molecule has 0 aliphatic rings. The summed E-state index contributed by atoms with van der Waals surface area (Å²) in [6, 6.07) is -2.39. The van der Waals surface area contributed by atoms with Crippen molar-refractivity contribution in [2.75, 3.05) is 19.7 Å². The zero-order valence-electron chi connectivity index (χ0n) is 34.6. The SMILES string of the molecule is CC[C@H](C)[C@H](NC(=O)[C@H](Cc1ccc(Cl)c(Cl)c1)NC(=O)[C@H](CCCN=C(N)N)NC(=O)CNC(=O)[C@@H](NC(=O)[C@H](CC(C)C)NC(=O)[C@@H](N)CO)[C@@H](C)CC)C(N)=O. The maximum absolute atomic E-state index is 13.9. The number of nitrogens with zero attached hydrogens (tertiary/aromatic N) is 1. The number of halogens is 2. The molecule has 1 rings (SSSR count). The Kier molecular flexibility index (Phi) is 23.4. The highest BCUT2D eigenvalue weighted by atomic mass is 35.5. The number of rotatable bonds is 26. The van der Waals surface area contributed by atoms with E-state index >= 15 is 0 Å². The number of amides is 7. The van der Waals surface area contributed by atoms with Crippen LogP contribution >= 0.6 is 23.2 Å². The van der Waals surface area contributed by atoms with Gasteiger partial charge in [-0.1, -0.05) is 83.7 Å².